The third-order valence-corrected chi connectivity index (χ3v) is 2.09. The van der Waals surface area contributed by atoms with Crippen LogP contribution in [0, 0.1) is 11.8 Å². The highest BCUT2D eigenvalue weighted by Crippen LogP contribution is 2.16. The highest BCUT2D eigenvalue weighted by atomic mass is 16.2. The summed E-state index contributed by atoms with van der Waals surface area (Å²) in [6.45, 7) is 3.92. The molecule has 2 amide bonds. The van der Waals surface area contributed by atoms with Gasteiger partial charge in [0.2, 0.25) is 11.8 Å². The first kappa shape index (κ1) is 11.9. The van der Waals surface area contributed by atoms with Gasteiger partial charge in [-0.25, -0.2) is 0 Å². The van der Waals surface area contributed by atoms with Gasteiger partial charge in [0.1, 0.15) is 0 Å². The maximum absolute atomic E-state index is 11.3. The normalized spacial score (nSPS) is 12.6. The van der Waals surface area contributed by atoms with Crippen molar-refractivity contribution in [1.29, 1.82) is 0 Å². The summed E-state index contributed by atoms with van der Waals surface area (Å²) in [5, 5.41) is 2.58. The van der Waals surface area contributed by atoms with Crippen LogP contribution in [0.25, 0.3) is 0 Å². The fraction of sp³-hybridized carbons (Fsp3) is 0.778. The Bertz CT molecular complexity index is 190. The number of nitrogens with one attached hydrogen (secondary N) is 1. The van der Waals surface area contributed by atoms with E-state index in [1.165, 1.54) is 0 Å². The Morgan fingerprint density at radius 1 is 1.38 bits per heavy atom. The molecule has 0 rings (SSSR count). The molecule has 0 saturated carbocycles. The van der Waals surface area contributed by atoms with Gasteiger partial charge < -0.3 is 11.1 Å². The Kier molecular flexibility index (Phi) is 5.11. The second-order valence-electron chi connectivity index (χ2n) is 3.47. The average molecular weight is 186 g/mol. The number of hydrogen-bond acceptors (Lipinski definition) is 2. The van der Waals surface area contributed by atoms with E-state index in [1.54, 1.807) is 7.05 Å². The van der Waals surface area contributed by atoms with Gasteiger partial charge in [-0.3, -0.25) is 9.59 Å². The van der Waals surface area contributed by atoms with Crippen LogP contribution in [0.4, 0.5) is 0 Å². The molecule has 4 nitrogen and oxygen atoms in total. The van der Waals surface area contributed by atoms with Crippen LogP contribution in [0.15, 0.2) is 0 Å². The monoisotopic (exact) mass is 186 g/mol. The molecule has 0 saturated heterocycles. The maximum atomic E-state index is 11.3. The van der Waals surface area contributed by atoms with E-state index in [0.717, 1.165) is 0 Å². The fourth-order valence-electron chi connectivity index (χ4n) is 1.25. The molecule has 0 aliphatic rings. The van der Waals surface area contributed by atoms with Crippen molar-refractivity contribution < 1.29 is 9.59 Å². The van der Waals surface area contributed by atoms with E-state index >= 15 is 0 Å². The first-order valence-corrected chi connectivity index (χ1v) is 4.49. The van der Waals surface area contributed by atoms with Crippen LogP contribution in [-0.4, -0.2) is 18.9 Å². The summed E-state index contributed by atoms with van der Waals surface area (Å²) < 4.78 is 0. The molecule has 0 aromatic heterocycles. The van der Waals surface area contributed by atoms with Gasteiger partial charge in [-0.05, 0) is 12.3 Å². The minimum Gasteiger partial charge on any atom is -0.370 e. The zero-order valence-electron chi connectivity index (χ0n) is 8.46. The molecule has 0 heterocycles. The van der Waals surface area contributed by atoms with Gasteiger partial charge in [0, 0.05) is 19.4 Å². The van der Waals surface area contributed by atoms with Gasteiger partial charge in [-0.2, -0.15) is 0 Å². The molecular formula is C9H18N2O2. The lowest BCUT2D eigenvalue weighted by atomic mass is 9.90. The Morgan fingerprint density at radius 3 is 2.23 bits per heavy atom. The summed E-state index contributed by atoms with van der Waals surface area (Å²) in [6.07, 6.45) is 0.808. The molecular weight excluding hydrogens is 168 g/mol. The highest BCUT2D eigenvalue weighted by molar-refractivity contribution is 5.80. The predicted molar refractivity (Wildman–Crippen MR) is 50.8 cm³/mol. The van der Waals surface area contributed by atoms with Crippen molar-refractivity contribution in [2.75, 3.05) is 7.05 Å². The van der Waals surface area contributed by atoms with Gasteiger partial charge in [-0.15, -0.1) is 0 Å². The summed E-state index contributed by atoms with van der Waals surface area (Å²) >= 11 is 0. The van der Waals surface area contributed by atoms with Crippen LogP contribution >= 0.6 is 0 Å². The van der Waals surface area contributed by atoms with Crippen molar-refractivity contribution in [3.05, 3.63) is 0 Å². The largest absolute Gasteiger partial charge is 0.370 e. The first-order chi connectivity index (χ1) is 5.99. The average Bonchev–Trinajstić information content (AvgIpc) is 2.03. The number of hydrogen-bond donors (Lipinski definition) is 2. The Morgan fingerprint density at radius 2 is 1.92 bits per heavy atom. The predicted octanol–water partition coefficient (Wildman–Crippen LogP) is 0.270. The molecule has 0 fully saturated rings. The molecule has 0 aromatic rings. The summed E-state index contributed by atoms with van der Waals surface area (Å²) in [4.78, 5) is 21.8. The summed E-state index contributed by atoms with van der Waals surface area (Å²) in [7, 11) is 1.60. The van der Waals surface area contributed by atoms with Crippen LogP contribution in [0.3, 0.4) is 0 Å². The van der Waals surface area contributed by atoms with E-state index in [0.29, 0.717) is 6.42 Å². The molecule has 0 aromatic carbocycles. The standard InChI is InChI=1S/C9H18N2O2/c1-6(2)7(9(13)11-3)4-5-8(10)12/h6-7H,4-5H2,1-3H3,(H2,10,12)(H,11,13). The molecule has 1 atom stereocenters. The molecule has 0 aliphatic heterocycles. The van der Waals surface area contributed by atoms with Gasteiger partial charge >= 0.3 is 0 Å². The van der Waals surface area contributed by atoms with Gasteiger partial charge in [0.25, 0.3) is 0 Å². The zero-order chi connectivity index (χ0) is 10.4. The number of rotatable bonds is 5. The minimum absolute atomic E-state index is 0.0174. The van der Waals surface area contributed by atoms with Crippen LogP contribution in [0.1, 0.15) is 26.7 Å². The smallest absolute Gasteiger partial charge is 0.223 e. The third-order valence-electron chi connectivity index (χ3n) is 2.09. The first-order valence-electron chi connectivity index (χ1n) is 4.49. The van der Waals surface area contributed by atoms with E-state index in [-0.39, 0.29) is 30.1 Å². The third kappa shape index (κ3) is 4.50. The second-order valence-corrected chi connectivity index (χ2v) is 3.47. The van der Waals surface area contributed by atoms with Crippen LogP contribution in [0.5, 0.6) is 0 Å². The van der Waals surface area contributed by atoms with Crippen molar-refractivity contribution in [3.8, 4) is 0 Å². The number of carbonyl (C=O) groups excluding carboxylic acids is 2. The highest BCUT2D eigenvalue weighted by Gasteiger charge is 2.21. The van der Waals surface area contributed by atoms with E-state index in [9.17, 15) is 9.59 Å². The lowest BCUT2D eigenvalue weighted by molar-refractivity contribution is -0.126. The maximum Gasteiger partial charge on any atom is 0.223 e. The molecule has 0 aliphatic carbocycles. The minimum atomic E-state index is -0.352. The van der Waals surface area contributed by atoms with Gasteiger partial charge in [-0.1, -0.05) is 13.8 Å². The summed E-state index contributed by atoms with van der Waals surface area (Å²) in [5.41, 5.74) is 5.01. The van der Waals surface area contributed by atoms with E-state index in [1.807, 2.05) is 13.8 Å². The van der Waals surface area contributed by atoms with E-state index in [4.69, 9.17) is 5.73 Å². The number of carbonyl (C=O) groups is 2. The summed E-state index contributed by atoms with van der Waals surface area (Å²) in [5.74, 6) is -0.248. The van der Waals surface area contributed by atoms with Crippen LogP contribution in [-0.2, 0) is 9.59 Å². The molecule has 1 unspecified atom stereocenters. The van der Waals surface area contributed by atoms with Gasteiger partial charge in [0.15, 0.2) is 0 Å². The Balaban J connectivity index is 4.10. The van der Waals surface area contributed by atoms with Crippen molar-refractivity contribution in [2.45, 2.75) is 26.7 Å². The molecule has 3 N–H and O–H groups in total. The second kappa shape index (κ2) is 5.56. The SMILES string of the molecule is CNC(=O)C(CCC(N)=O)C(C)C. The summed E-state index contributed by atoms with van der Waals surface area (Å²) in [6, 6.07) is 0. The molecule has 76 valence electrons. The van der Waals surface area contributed by atoms with Crippen molar-refractivity contribution in [1.82, 2.24) is 5.32 Å². The quantitative estimate of drug-likeness (QED) is 0.647. The lowest BCUT2D eigenvalue weighted by Gasteiger charge is -2.17. The van der Waals surface area contributed by atoms with Crippen molar-refractivity contribution in [2.24, 2.45) is 17.6 Å². The van der Waals surface area contributed by atoms with E-state index in [2.05, 4.69) is 5.32 Å². The molecule has 4 heteroatoms. The Labute approximate surface area is 78.9 Å². The topological polar surface area (TPSA) is 72.2 Å². The Hall–Kier alpha value is -1.06. The van der Waals surface area contributed by atoms with Gasteiger partial charge in [0.05, 0.1) is 0 Å². The van der Waals surface area contributed by atoms with Crippen molar-refractivity contribution >= 4 is 11.8 Å². The van der Waals surface area contributed by atoms with Crippen LogP contribution < -0.4 is 11.1 Å². The number of primary amides is 1. The fourth-order valence-corrected chi connectivity index (χ4v) is 1.25. The van der Waals surface area contributed by atoms with Crippen molar-refractivity contribution in [3.63, 3.8) is 0 Å². The number of amides is 2. The lowest BCUT2D eigenvalue weighted by Crippen LogP contribution is -2.31. The zero-order valence-corrected chi connectivity index (χ0v) is 8.46. The molecule has 0 spiro atoms. The number of nitrogens with two attached hydrogens (primary N) is 1. The molecule has 13 heavy (non-hydrogen) atoms. The molecule has 0 radical (unpaired) electrons. The van der Waals surface area contributed by atoms with E-state index < -0.39 is 0 Å². The van der Waals surface area contributed by atoms with Crippen LogP contribution in [0.2, 0.25) is 0 Å². The molecule has 0 bridgehead atoms.